The molecule has 0 saturated carbocycles. The fourth-order valence-corrected chi connectivity index (χ4v) is 6.22. The minimum atomic E-state index is -0.555. The summed E-state index contributed by atoms with van der Waals surface area (Å²) in [5, 5.41) is 4.55. The van der Waals surface area contributed by atoms with Gasteiger partial charge < -0.3 is 24.1 Å². The summed E-state index contributed by atoms with van der Waals surface area (Å²) < 4.78 is 21.1. The zero-order valence-corrected chi connectivity index (χ0v) is 28.6. The van der Waals surface area contributed by atoms with Gasteiger partial charge in [0.25, 0.3) is 0 Å². The van der Waals surface area contributed by atoms with Crippen molar-refractivity contribution < 1.29 is 19.0 Å². The molecule has 4 aromatic carbocycles. The van der Waals surface area contributed by atoms with Crippen molar-refractivity contribution >= 4 is 16.9 Å². The second-order valence-corrected chi connectivity index (χ2v) is 11.9. The highest BCUT2D eigenvalue weighted by Crippen LogP contribution is 2.40. The molecule has 3 heterocycles. The lowest BCUT2D eigenvalue weighted by molar-refractivity contribution is 0.0460. The van der Waals surface area contributed by atoms with Crippen LogP contribution < -0.4 is 14.8 Å². The number of nitrogens with one attached hydrogen (secondary N) is 1. The van der Waals surface area contributed by atoms with E-state index in [1.54, 1.807) is 0 Å². The van der Waals surface area contributed by atoms with E-state index in [1.165, 1.54) is 11.2 Å². The molecule has 0 fully saturated rings. The molecule has 2 aromatic heterocycles. The number of ether oxygens (including phenoxy) is 3. The summed E-state index contributed by atoms with van der Waals surface area (Å²) in [4.78, 5) is 19.0. The van der Waals surface area contributed by atoms with Crippen LogP contribution in [0.4, 0.5) is 0 Å². The summed E-state index contributed by atoms with van der Waals surface area (Å²) in [6.07, 6.45) is 0.993. The van der Waals surface area contributed by atoms with Crippen molar-refractivity contribution in [1.82, 2.24) is 14.9 Å². The summed E-state index contributed by atoms with van der Waals surface area (Å²) in [5.74, 6) is 0.0174. The van der Waals surface area contributed by atoms with E-state index in [0.29, 0.717) is 17.5 Å². The first-order chi connectivity index (χ1) is 24.1. The normalized spacial score (nSPS) is 13.3. The number of aromatic nitrogens is 2. The van der Waals surface area contributed by atoms with Crippen molar-refractivity contribution in [3.63, 3.8) is 0 Å². The summed E-state index contributed by atoms with van der Waals surface area (Å²) in [7, 11) is 2.02. The van der Waals surface area contributed by atoms with Crippen LogP contribution in [0.25, 0.3) is 22.2 Å². The fraction of sp³-hybridized carbons (Fsp3) is 0.238. The number of nitrogens with zero attached hydrogens (tertiary/aromatic N) is 2. The van der Waals surface area contributed by atoms with E-state index in [-0.39, 0.29) is 31.3 Å². The van der Waals surface area contributed by atoms with Gasteiger partial charge in [0.15, 0.2) is 5.56 Å². The molecule has 1 aliphatic heterocycles. The van der Waals surface area contributed by atoms with Crippen molar-refractivity contribution in [3.05, 3.63) is 149 Å². The Labute approximate surface area is 288 Å². The Morgan fingerprint density at radius 3 is 2.00 bits per heavy atom. The van der Waals surface area contributed by atoms with Crippen LogP contribution in [-0.4, -0.2) is 28.6 Å². The Balaban J connectivity index is 0.00000205. The van der Waals surface area contributed by atoms with Gasteiger partial charge >= 0.3 is 5.97 Å². The Bertz CT molecular complexity index is 2010. The number of esters is 1. The van der Waals surface area contributed by atoms with Gasteiger partial charge in [0.1, 0.15) is 25.6 Å². The summed E-state index contributed by atoms with van der Waals surface area (Å²) >= 11 is 0. The topological polar surface area (TPSA) is 74.6 Å². The zero-order chi connectivity index (χ0) is 34.2. The third kappa shape index (κ3) is 7.53. The molecule has 1 N–H and O–H groups in total. The van der Waals surface area contributed by atoms with Gasteiger partial charge in [0.05, 0.1) is 5.69 Å². The molecule has 250 valence electrons. The van der Waals surface area contributed by atoms with Crippen LogP contribution in [0.15, 0.2) is 115 Å². The lowest BCUT2D eigenvalue weighted by Crippen LogP contribution is -2.26. The largest absolute Gasteiger partial charge is 0.487 e. The zero-order valence-electron chi connectivity index (χ0n) is 28.6. The standard InChI is InChI=1S/C40H37N3O4.C2H6/c1-27-37(31-18-19-35-32(20-31)21-34-22-33(41-2)23-43(34)35)42-39(46-25-29-14-8-4-9-15-29)36(38(27)45-24-28-12-6-3-7-13-28)40(44)47-26-30-16-10-5-11-17-30;1-2/h3-21,33,41H,22-26H2,1-2H3;1-2H3. The van der Waals surface area contributed by atoms with Crippen molar-refractivity contribution in [2.45, 2.75) is 59.6 Å². The average molecular weight is 654 g/mol. The van der Waals surface area contributed by atoms with Gasteiger partial charge in [-0.05, 0) is 48.9 Å². The number of pyridine rings is 1. The molecule has 49 heavy (non-hydrogen) atoms. The Kier molecular flexibility index (Phi) is 10.7. The Morgan fingerprint density at radius 2 is 1.39 bits per heavy atom. The predicted molar refractivity (Wildman–Crippen MR) is 195 cm³/mol. The minimum absolute atomic E-state index is 0.112. The highest BCUT2D eigenvalue weighted by atomic mass is 16.5. The van der Waals surface area contributed by atoms with Gasteiger partial charge in [-0.3, -0.25) is 0 Å². The summed E-state index contributed by atoms with van der Waals surface area (Å²) in [5.41, 5.74) is 7.85. The first-order valence-corrected chi connectivity index (χ1v) is 17.0. The van der Waals surface area contributed by atoms with E-state index in [0.717, 1.165) is 46.2 Å². The van der Waals surface area contributed by atoms with Crippen LogP contribution in [0, 0.1) is 6.92 Å². The quantitative estimate of drug-likeness (QED) is 0.141. The molecule has 1 aliphatic rings. The number of hydrogen-bond acceptors (Lipinski definition) is 6. The van der Waals surface area contributed by atoms with E-state index < -0.39 is 5.97 Å². The van der Waals surface area contributed by atoms with E-state index in [2.05, 4.69) is 34.1 Å². The molecular formula is C42H43N3O4. The van der Waals surface area contributed by atoms with Crippen molar-refractivity contribution in [1.29, 1.82) is 0 Å². The fourth-order valence-electron chi connectivity index (χ4n) is 6.22. The molecule has 1 atom stereocenters. The van der Waals surface area contributed by atoms with E-state index in [1.807, 2.05) is 119 Å². The highest BCUT2D eigenvalue weighted by molar-refractivity contribution is 5.97. The number of rotatable bonds is 11. The van der Waals surface area contributed by atoms with Gasteiger partial charge in [-0.2, -0.15) is 0 Å². The molecule has 7 nitrogen and oxygen atoms in total. The van der Waals surface area contributed by atoms with Crippen LogP contribution in [0.5, 0.6) is 11.6 Å². The van der Waals surface area contributed by atoms with E-state index in [4.69, 9.17) is 19.2 Å². The number of hydrogen-bond donors (Lipinski definition) is 1. The lowest BCUT2D eigenvalue weighted by Gasteiger charge is -2.20. The van der Waals surface area contributed by atoms with Gasteiger partial charge in [0, 0.05) is 46.7 Å². The number of benzene rings is 4. The molecule has 0 amide bonds. The Hall–Kier alpha value is -5.40. The molecular weight excluding hydrogens is 610 g/mol. The van der Waals surface area contributed by atoms with Crippen molar-refractivity contribution in [2.24, 2.45) is 0 Å². The van der Waals surface area contributed by atoms with Crippen LogP contribution >= 0.6 is 0 Å². The molecule has 0 saturated heterocycles. The van der Waals surface area contributed by atoms with E-state index in [9.17, 15) is 4.79 Å². The second-order valence-electron chi connectivity index (χ2n) is 11.9. The molecule has 6 aromatic rings. The van der Waals surface area contributed by atoms with Gasteiger partial charge in [0.2, 0.25) is 5.88 Å². The molecule has 0 radical (unpaired) electrons. The number of carbonyl (C=O) groups excluding carboxylic acids is 1. The first kappa shape index (κ1) is 33.5. The molecule has 7 heteroatoms. The number of carbonyl (C=O) groups is 1. The molecule has 0 spiro atoms. The maximum Gasteiger partial charge on any atom is 0.347 e. The third-order valence-corrected chi connectivity index (χ3v) is 8.74. The first-order valence-electron chi connectivity index (χ1n) is 17.0. The van der Waals surface area contributed by atoms with Crippen molar-refractivity contribution in [3.8, 4) is 22.9 Å². The molecule has 0 bridgehead atoms. The Morgan fingerprint density at radius 1 is 0.796 bits per heavy atom. The monoisotopic (exact) mass is 653 g/mol. The molecule has 1 unspecified atom stereocenters. The lowest BCUT2D eigenvalue weighted by atomic mass is 10.0. The number of likely N-dealkylation sites (N-methyl/N-ethyl adjacent to an activating group) is 1. The van der Waals surface area contributed by atoms with Gasteiger partial charge in [-0.15, -0.1) is 0 Å². The minimum Gasteiger partial charge on any atom is -0.487 e. The third-order valence-electron chi connectivity index (χ3n) is 8.74. The SMILES string of the molecule is CC.CNC1Cc2cc3cc(-c4nc(OCc5ccccc5)c(C(=O)OCc5ccccc5)c(OCc5ccccc5)c4C)ccc3n2C1. The second kappa shape index (κ2) is 15.7. The summed E-state index contributed by atoms with van der Waals surface area (Å²) in [6, 6.07) is 38.5. The van der Waals surface area contributed by atoms with E-state index >= 15 is 0 Å². The smallest absolute Gasteiger partial charge is 0.347 e. The van der Waals surface area contributed by atoms with Crippen LogP contribution in [0.1, 0.15) is 52.2 Å². The maximum atomic E-state index is 14.0. The summed E-state index contributed by atoms with van der Waals surface area (Å²) in [6.45, 7) is 7.49. The highest BCUT2D eigenvalue weighted by Gasteiger charge is 2.29. The van der Waals surface area contributed by atoms with Crippen LogP contribution in [0.3, 0.4) is 0 Å². The molecule has 7 rings (SSSR count). The van der Waals surface area contributed by atoms with Crippen molar-refractivity contribution in [2.75, 3.05) is 7.05 Å². The average Bonchev–Trinajstić information content (AvgIpc) is 3.72. The van der Waals surface area contributed by atoms with Crippen LogP contribution in [-0.2, 0) is 37.5 Å². The van der Waals surface area contributed by atoms with Gasteiger partial charge in [-0.1, -0.05) is 111 Å². The van der Waals surface area contributed by atoms with Gasteiger partial charge in [-0.25, -0.2) is 9.78 Å². The maximum absolute atomic E-state index is 14.0. The molecule has 0 aliphatic carbocycles. The number of fused-ring (bicyclic) bond motifs is 3. The predicted octanol–water partition coefficient (Wildman–Crippen LogP) is 8.70. The van der Waals surface area contributed by atoms with Crippen LogP contribution in [0.2, 0.25) is 0 Å².